The van der Waals surface area contributed by atoms with Crippen LogP contribution in [0.3, 0.4) is 0 Å². The predicted octanol–water partition coefficient (Wildman–Crippen LogP) is 4.04. The number of likely N-dealkylation sites (tertiary alicyclic amines) is 1. The third-order valence-corrected chi connectivity index (χ3v) is 4.74. The summed E-state index contributed by atoms with van der Waals surface area (Å²) in [5.74, 6) is 0.830. The number of aromatic nitrogens is 1. The Bertz CT molecular complexity index is 706. The van der Waals surface area contributed by atoms with Gasteiger partial charge in [-0.05, 0) is 49.1 Å². The zero-order valence-corrected chi connectivity index (χ0v) is 14.5. The van der Waals surface area contributed by atoms with Gasteiger partial charge >= 0.3 is 0 Å². The first-order valence-corrected chi connectivity index (χ1v) is 8.59. The van der Waals surface area contributed by atoms with Crippen LogP contribution in [0.15, 0.2) is 42.6 Å². The summed E-state index contributed by atoms with van der Waals surface area (Å²) in [6.45, 7) is 0.809. The van der Waals surface area contributed by atoms with Crippen LogP contribution in [0.4, 0.5) is 0 Å². The molecular formula is C19H21ClN2O2. The highest BCUT2D eigenvalue weighted by atomic mass is 35.5. The molecule has 1 aliphatic heterocycles. The number of nitrogens with zero attached hydrogens (tertiary/aromatic N) is 2. The van der Waals surface area contributed by atoms with Gasteiger partial charge in [-0.15, -0.1) is 0 Å². The van der Waals surface area contributed by atoms with Crippen LogP contribution < -0.4 is 4.74 Å². The van der Waals surface area contributed by atoms with E-state index in [-0.39, 0.29) is 11.9 Å². The van der Waals surface area contributed by atoms with E-state index < -0.39 is 0 Å². The van der Waals surface area contributed by atoms with E-state index in [2.05, 4.69) is 4.98 Å². The van der Waals surface area contributed by atoms with Crippen LogP contribution in [0, 0.1) is 0 Å². The molecule has 1 amide bonds. The number of amides is 1. The first kappa shape index (κ1) is 16.8. The topological polar surface area (TPSA) is 42.4 Å². The predicted molar refractivity (Wildman–Crippen MR) is 94.3 cm³/mol. The highest BCUT2D eigenvalue weighted by molar-refractivity contribution is 6.32. The minimum absolute atomic E-state index is 0.109. The lowest BCUT2D eigenvalue weighted by Crippen LogP contribution is -2.31. The molecular weight excluding hydrogens is 324 g/mol. The minimum atomic E-state index is 0.109. The fraction of sp³-hybridized carbons (Fsp3) is 0.368. The van der Waals surface area contributed by atoms with Crippen LogP contribution in [0.2, 0.25) is 5.02 Å². The number of ether oxygens (including phenoxy) is 1. The summed E-state index contributed by atoms with van der Waals surface area (Å²) < 4.78 is 5.16. The normalized spacial score (nSPS) is 17.1. The summed E-state index contributed by atoms with van der Waals surface area (Å²) in [4.78, 5) is 19.0. The molecule has 0 spiro atoms. The van der Waals surface area contributed by atoms with Crippen molar-refractivity contribution < 1.29 is 9.53 Å². The van der Waals surface area contributed by atoms with E-state index in [9.17, 15) is 4.79 Å². The van der Waals surface area contributed by atoms with Gasteiger partial charge in [0.25, 0.3) is 0 Å². The van der Waals surface area contributed by atoms with Crippen LogP contribution in [-0.2, 0) is 11.2 Å². The van der Waals surface area contributed by atoms with Gasteiger partial charge in [-0.1, -0.05) is 23.7 Å². The molecule has 1 aliphatic rings. The van der Waals surface area contributed by atoms with E-state index in [1.807, 2.05) is 41.3 Å². The molecule has 5 heteroatoms. The first-order valence-electron chi connectivity index (χ1n) is 8.22. The van der Waals surface area contributed by atoms with E-state index in [1.165, 1.54) is 0 Å². The van der Waals surface area contributed by atoms with E-state index in [0.717, 1.165) is 30.6 Å². The number of benzene rings is 1. The number of pyridine rings is 1. The molecule has 1 saturated heterocycles. The van der Waals surface area contributed by atoms with E-state index in [4.69, 9.17) is 16.3 Å². The summed E-state index contributed by atoms with van der Waals surface area (Å²) in [6.07, 6.45) is 4.95. The molecule has 4 nitrogen and oxygen atoms in total. The first-order chi connectivity index (χ1) is 11.7. The van der Waals surface area contributed by atoms with Crippen LogP contribution in [-0.4, -0.2) is 29.4 Å². The molecule has 1 aromatic heterocycles. The summed E-state index contributed by atoms with van der Waals surface area (Å²) in [5, 5.41) is 0.579. The molecule has 2 aromatic rings. The van der Waals surface area contributed by atoms with E-state index >= 15 is 0 Å². The largest absolute Gasteiger partial charge is 0.495 e. The van der Waals surface area contributed by atoms with Crippen molar-refractivity contribution >= 4 is 17.5 Å². The average Bonchev–Trinajstić information content (AvgIpc) is 3.10. The van der Waals surface area contributed by atoms with Crippen LogP contribution >= 0.6 is 11.6 Å². The maximum atomic E-state index is 12.7. The Kier molecular flexibility index (Phi) is 5.36. The second kappa shape index (κ2) is 7.67. The molecule has 0 N–H and O–H groups in total. The van der Waals surface area contributed by atoms with Crippen molar-refractivity contribution in [2.24, 2.45) is 0 Å². The lowest BCUT2D eigenvalue weighted by molar-refractivity contribution is -0.132. The summed E-state index contributed by atoms with van der Waals surface area (Å²) in [5.41, 5.74) is 2.03. The number of aryl methyl sites for hydroxylation is 1. The second-order valence-electron chi connectivity index (χ2n) is 5.97. The molecule has 0 radical (unpaired) electrons. The van der Waals surface area contributed by atoms with Crippen molar-refractivity contribution in [2.45, 2.75) is 31.7 Å². The quantitative estimate of drug-likeness (QED) is 0.822. The van der Waals surface area contributed by atoms with E-state index in [0.29, 0.717) is 23.6 Å². The molecule has 2 heterocycles. The van der Waals surface area contributed by atoms with Gasteiger partial charge in [0.1, 0.15) is 5.75 Å². The minimum Gasteiger partial charge on any atom is -0.495 e. The van der Waals surface area contributed by atoms with Crippen molar-refractivity contribution in [1.29, 1.82) is 0 Å². The van der Waals surface area contributed by atoms with Crippen molar-refractivity contribution in [1.82, 2.24) is 9.88 Å². The Morgan fingerprint density at radius 2 is 2.25 bits per heavy atom. The van der Waals surface area contributed by atoms with Gasteiger partial charge in [0, 0.05) is 19.2 Å². The molecule has 24 heavy (non-hydrogen) atoms. The molecule has 0 aliphatic carbocycles. The third-order valence-electron chi connectivity index (χ3n) is 4.45. The molecule has 1 fully saturated rings. The second-order valence-corrected chi connectivity index (χ2v) is 6.38. The molecule has 0 bridgehead atoms. The number of hydrogen-bond acceptors (Lipinski definition) is 3. The number of rotatable bonds is 5. The Balaban J connectivity index is 1.63. The lowest BCUT2D eigenvalue weighted by Gasteiger charge is -2.24. The number of methoxy groups -OCH3 is 1. The maximum Gasteiger partial charge on any atom is 0.223 e. The van der Waals surface area contributed by atoms with Gasteiger partial charge in [-0.25, -0.2) is 0 Å². The van der Waals surface area contributed by atoms with E-state index in [1.54, 1.807) is 13.3 Å². The highest BCUT2D eigenvalue weighted by Gasteiger charge is 2.30. The smallest absolute Gasteiger partial charge is 0.223 e. The SMILES string of the molecule is COc1ccc(CCC(=O)N2CCCC2c2ccccn2)cc1Cl. The summed E-state index contributed by atoms with van der Waals surface area (Å²) >= 11 is 6.15. The number of carbonyl (C=O) groups is 1. The lowest BCUT2D eigenvalue weighted by atomic mass is 10.1. The molecule has 1 aromatic carbocycles. The van der Waals surface area contributed by atoms with Gasteiger partial charge in [-0.2, -0.15) is 0 Å². The van der Waals surface area contributed by atoms with Crippen LogP contribution in [0.5, 0.6) is 5.75 Å². The van der Waals surface area contributed by atoms with Gasteiger partial charge in [0.2, 0.25) is 5.91 Å². The Morgan fingerprint density at radius 1 is 1.38 bits per heavy atom. The maximum absolute atomic E-state index is 12.7. The van der Waals surface area contributed by atoms with Gasteiger partial charge in [0.15, 0.2) is 0 Å². The zero-order chi connectivity index (χ0) is 16.9. The number of hydrogen-bond donors (Lipinski definition) is 0. The summed E-state index contributed by atoms with van der Waals surface area (Å²) in [7, 11) is 1.59. The molecule has 3 rings (SSSR count). The molecule has 126 valence electrons. The van der Waals surface area contributed by atoms with Crippen LogP contribution in [0.1, 0.15) is 36.6 Å². The fourth-order valence-electron chi connectivity index (χ4n) is 3.21. The Morgan fingerprint density at radius 3 is 2.96 bits per heavy atom. The Labute approximate surface area is 147 Å². The zero-order valence-electron chi connectivity index (χ0n) is 13.7. The van der Waals surface area contributed by atoms with Crippen LogP contribution in [0.25, 0.3) is 0 Å². The van der Waals surface area contributed by atoms with Crippen molar-refractivity contribution in [3.05, 3.63) is 58.9 Å². The van der Waals surface area contributed by atoms with Gasteiger partial charge < -0.3 is 9.64 Å². The van der Waals surface area contributed by atoms with Gasteiger partial charge in [-0.3, -0.25) is 9.78 Å². The summed E-state index contributed by atoms with van der Waals surface area (Å²) in [6, 6.07) is 11.7. The molecule has 0 saturated carbocycles. The van der Waals surface area contributed by atoms with Crippen molar-refractivity contribution in [2.75, 3.05) is 13.7 Å². The molecule has 1 unspecified atom stereocenters. The number of carbonyl (C=O) groups excluding carboxylic acids is 1. The van der Waals surface area contributed by atoms with Gasteiger partial charge in [0.05, 0.1) is 23.9 Å². The number of halogens is 1. The standard InChI is InChI=1S/C19H21ClN2O2/c1-24-18-9-7-14(13-15(18)20)8-10-19(23)22-12-4-6-17(22)16-5-2-3-11-21-16/h2-3,5,7,9,11,13,17H,4,6,8,10,12H2,1H3. The van der Waals surface area contributed by atoms with Crippen molar-refractivity contribution in [3.8, 4) is 5.75 Å². The Hall–Kier alpha value is -2.07. The fourth-order valence-corrected chi connectivity index (χ4v) is 3.49. The highest BCUT2D eigenvalue weighted by Crippen LogP contribution is 2.31. The molecule has 1 atom stereocenters. The average molecular weight is 345 g/mol. The van der Waals surface area contributed by atoms with Crippen molar-refractivity contribution in [3.63, 3.8) is 0 Å². The monoisotopic (exact) mass is 344 g/mol. The third kappa shape index (κ3) is 3.70.